The van der Waals surface area contributed by atoms with Crippen molar-refractivity contribution in [2.24, 2.45) is 7.05 Å². The van der Waals surface area contributed by atoms with Crippen molar-refractivity contribution in [1.82, 2.24) is 14.8 Å². The highest BCUT2D eigenvalue weighted by Crippen LogP contribution is 2.12. The van der Waals surface area contributed by atoms with Gasteiger partial charge in [-0.1, -0.05) is 35.2 Å². The Balaban J connectivity index is 1.91. The fourth-order valence-corrected chi connectivity index (χ4v) is 1.93. The molecule has 2 aromatic rings. The summed E-state index contributed by atoms with van der Waals surface area (Å²) in [6.45, 7) is 0. The van der Waals surface area contributed by atoms with E-state index in [0.29, 0.717) is 5.75 Å². The first-order valence-corrected chi connectivity index (χ1v) is 6.33. The summed E-state index contributed by atoms with van der Waals surface area (Å²) in [5.41, 5.74) is 0.966. The number of halogens is 1. The van der Waals surface area contributed by atoms with Crippen molar-refractivity contribution in [2.45, 2.75) is 5.16 Å². The Morgan fingerprint density at radius 3 is 2.76 bits per heavy atom. The molecule has 0 saturated heterocycles. The number of hydrogen-bond acceptors (Lipinski definition) is 3. The molecular weight excluding hydrogens is 254 g/mol. The zero-order chi connectivity index (χ0) is 12.1. The number of hydrogen-bond donors (Lipinski definition) is 0. The van der Waals surface area contributed by atoms with Crippen LogP contribution in [0.1, 0.15) is 5.56 Å². The van der Waals surface area contributed by atoms with Crippen LogP contribution in [0.2, 0.25) is 5.02 Å². The van der Waals surface area contributed by atoms with Crippen LogP contribution in [0, 0.1) is 11.8 Å². The number of benzene rings is 1. The van der Waals surface area contributed by atoms with Gasteiger partial charge in [0.2, 0.25) is 0 Å². The highest BCUT2D eigenvalue weighted by Gasteiger charge is 1.98. The first kappa shape index (κ1) is 12.0. The molecule has 0 saturated carbocycles. The molecule has 3 nitrogen and oxygen atoms in total. The van der Waals surface area contributed by atoms with E-state index in [-0.39, 0.29) is 0 Å². The molecule has 0 aliphatic heterocycles. The topological polar surface area (TPSA) is 30.7 Å². The Kier molecular flexibility index (Phi) is 4.08. The van der Waals surface area contributed by atoms with Gasteiger partial charge in [0.1, 0.15) is 6.33 Å². The average Bonchev–Trinajstić information content (AvgIpc) is 2.73. The summed E-state index contributed by atoms with van der Waals surface area (Å²) in [5.74, 6) is 6.83. The molecule has 17 heavy (non-hydrogen) atoms. The molecular formula is C12H10ClN3S. The molecule has 0 N–H and O–H groups in total. The van der Waals surface area contributed by atoms with Crippen LogP contribution in [-0.4, -0.2) is 20.5 Å². The van der Waals surface area contributed by atoms with E-state index in [1.165, 1.54) is 0 Å². The van der Waals surface area contributed by atoms with Crippen LogP contribution in [0.5, 0.6) is 0 Å². The fourth-order valence-electron chi connectivity index (χ4n) is 1.18. The summed E-state index contributed by atoms with van der Waals surface area (Å²) in [5, 5.41) is 9.36. The average molecular weight is 264 g/mol. The van der Waals surface area contributed by atoms with E-state index in [1.54, 1.807) is 18.1 Å². The summed E-state index contributed by atoms with van der Waals surface area (Å²) >= 11 is 7.35. The molecule has 0 bridgehead atoms. The lowest BCUT2D eigenvalue weighted by atomic mass is 10.2. The van der Waals surface area contributed by atoms with Crippen LogP contribution < -0.4 is 0 Å². The summed E-state index contributed by atoms with van der Waals surface area (Å²) in [4.78, 5) is 0. The van der Waals surface area contributed by atoms with Gasteiger partial charge in [0.15, 0.2) is 5.16 Å². The molecule has 86 valence electrons. The number of aryl methyl sites for hydroxylation is 1. The van der Waals surface area contributed by atoms with Crippen molar-refractivity contribution in [3.63, 3.8) is 0 Å². The van der Waals surface area contributed by atoms with Gasteiger partial charge in [-0.15, -0.1) is 10.2 Å². The van der Waals surface area contributed by atoms with E-state index in [9.17, 15) is 0 Å². The van der Waals surface area contributed by atoms with Crippen molar-refractivity contribution >= 4 is 23.4 Å². The van der Waals surface area contributed by atoms with Gasteiger partial charge in [-0.25, -0.2) is 0 Å². The maximum absolute atomic E-state index is 5.79. The van der Waals surface area contributed by atoms with Gasteiger partial charge in [-0.2, -0.15) is 0 Å². The van der Waals surface area contributed by atoms with E-state index in [1.807, 2.05) is 35.9 Å². The van der Waals surface area contributed by atoms with E-state index in [2.05, 4.69) is 22.0 Å². The molecule has 0 radical (unpaired) electrons. The third-order valence-electron chi connectivity index (χ3n) is 2.02. The van der Waals surface area contributed by atoms with Crippen molar-refractivity contribution in [2.75, 3.05) is 5.75 Å². The second-order valence-corrected chi connectivity index (χ2v) is 4.70. The predicted molar refractivity (Wildman–Crippen MR) is 70.1 cm³/mol. The van der Waals surface area contributed by atoms with Crippen molar-refractivity contribution < 1.29 is 0 Å². The smallest absolute Gasteiger partial charge is 0.191 e. The van der Waals surface area contributed by atoms with E-state index >= 15 is 0 Å². The molecule has 0 aliphatic carbocycles. The molecule has 2 rings (SSSR count). The van der Waals surface area contributed by atoms with Gasteiger partial charge in [0.25, 0.3) is 0 Å². The van der Waals surface area contributed by atoms with Gasteiger partial charge >= 0.3 is 0 Å². The van der Waals surface area contributed by atoms with Crippen LogP contribution in [0.3, 0.4) is 0 Å². The molecule has 0 amide bonds. The first-order valence-electron chi connectivity index (χ1n) is 4.97. The maximum atomic E-state index is 5.79. The summed E-state index contributed by atoms with van der Waals surface area (Å²) < 4.78 is 1.87. The quantitative estimate of drug-likeness (QED) is 0.616. The molecule has 0 atom stereocenters. The fraction of sp³-hybridized carbons (Fsp3) is 0.167. The molecule has 1 aromatic carbocycles. The number of rotatable bonds is 2. The third kappa shape index (κ3) is 3.52. The zero-order valence-electron chi connectivity index (χ0n) is 9.22. The van der Waals surface area contributed by atoms with Gasteiger partial charge in [-0.05, 0) is 24.3 Å². The number of nitrogens with zero attached hydrogens (tertiary/aromatic N) is 3. The molecule has 0 aliphatic rings. The van der Waals surface area contributed by atoms with Gasteiger partial charge in [0, 0.05) is 17.6 Å². The Morgan fingerprint density at radius 2 is 2.12 bits per heavy atom. The Labute approximate surface area is 109 Å². The standard InChI is InChI=1S/C12H10ClN3S/c1-16-9-14-15-12(16)17-8-2-3-10-4-6-11(13)7-5-10/h4-7,9H,8H2,1H3. The minimum atomic E-state index is 0.690. The third-order valence-corrected chi connectivity index (χ3v) is 3.19. The van der Waals surface area contributed by atoms with Crippen molar-refractivity contribution in [3.8, 4) is 11.8 Å². The van der Waals surface area contributed by atoms with Crippen molar-refractivity contribution in [1.29, 1.82) is 0 Å². The Morgan fingerprint density at radius 1 is 1.35 bits per heavy atom. The number of aromatic nitrogens is 3. The Bertz CT molecular complexity index is 551. The SMILES string of the molecule is Cn1cnnc1SCC#Cc1ccc(Cl)cc1. The summed E-state index contributed by atoms with van der Waals surface area (Å²) in [7, 11) is 1.91. The van der Waals surface area contributed by atoms with Crippen molar-refractivity contribution in [3.05, 3.63) is 41.2 Å². The minimum absolute atomic E-state index is 0.690. The largest absolute Gasteiger partial charge is 0.312 e. The summed E-state index contributed by atoms with van der Waals surface area (Å²) in [6, 6.07) is 7.48. The lowest BCUT2D eigenvalue weighted by molar-refractivity contribution is 0.789. The van der Waals surface area contributed by atoms with Gasteiger partial charge < -0.3 is 4.57 Å². The normalized spacial score (nSPS) is 9.76. The van der Waals surface area contributed by atoms with Crippen LogP contribution >= 0.6 is 23.4 Å². The molecule has 0 spiro atoms. The van der Waals surface area contributed by atoms with Crippen LogP contribution in [0.4, 0.5) is 0 Å². The molecule has 0 unspecified atom stereocenters. The lowest BCUT2D eigenvalue weighted by Gasteiger charge is -1.94. The molecule has 0 fully saturated rings. The highest BCUT2D eigenvalue weighted by atomic mass is 35.5. The zero-order valence-corrected chi connectivity index (χ0v) is 10.8. The second-order valence-electron chi connectivity index (χ2n) is 3.32. The lowest BCUT2D eigenvalue weighted by Crippen LogP contribution is -1.88. The number of thioether (sulfide) groups is 1. The molecule has 5 heteroatoms. The maximum Gasteiger partial charge on any atom is 0.191 e. The predicted octanol–water partition coefficient (Wildman–Crippen LogP) is 2.61. The van der Waals surface area contributed by atoms with Crippen LogP contribution in [-0.2, 0) is 7.05 Å². The summed E-state index contributed by atoms with van der Waals surface area (Å²) in [6.07, 6.45) is 1.68. The van der Waals surface area contributed by atoms with E-state index < -0.39 is 0 Å². The van der Waals surface area contributed by atoms with Gasteiger partial charge in [-0.3, -0.25) is 0 Å². The molecule has 1 aromatic heterocycles. The van der Waals surface area contributed by atoms with E-state index in [0.717, 1.165) is 15.7 Å². The highest BCUT2D eigenvalue weighted by molar-refractivity contribution is 7.99. The molecule has 1 heterocycles. The van der Waals surface area contributed by atoms with E-state index in [4.69, 9.17) is 11.6 Å². The minimum Gasteiger partial charge on any atom is -0.312 e. The van der Waals surface area contributed by atoms with Gasteiger partial charge in [0.05, 0.1) is 5.75 Å². The Hall–Kier alpha value is -1.44. The van der Waals surface area contributed by atoms with Crippen LogP contribution in [0.25, 0.3) is 0 Å². The van der Waals surface area contributed by atoms with Crippen LogP contribution in [0.15, 0.2) is 35.7 Å². The second kappa shape index (κ2) is 5.76. The first-order chi connectivity index (χ1) is 8.25. The monoisotopic (exact) mass is 263 g/mol.